The summed E-state index contributed by atoms with van der Waals surface area (Å²) in [5, 5.41) is 4.34. The summed E-state index contributed by atoms with van der Waals surface area (Å²) in [4.78, 5) is 30.1. The molecule has 0 unspecified atom stereocenters. The van der Waals surface area contributed by atoms with Crippen LogP contribution in [0.25, 0.3) is 33.7 Å². The first-order chi connectivity index (χ1) is 16.3. The number of aromatic nitrogens is 4. The van der Waals surface area contributed by atoms with E-state index in [1.165, 1.54) is 9.25 Å². The molecule has 2 aromatic heterocycles. The van der Waals surface area contributed by atoms with Crippen LogP contribution in [0.2, 0.25) is 0 Å². The van der Waals surface area contributed by atoms with Gasteiger partial charge in [-0.3, -0.25) is 0 Å². The zero-order chi connectivity index (χ0) is 25.5. The molecule has 0 aliphatic carbocycles. The lowest BCUT2D eigenvalue weighted by atomic mass is 10.1. The molecule has 0 N–H and O–H groups in total. The van der Waals surface area contributed by atoms with Crippen molar-refractivity contribution in [1.29, 1.82) is 0 Å². The summed E-state index contributed by atoms with van der Waals surface area (Å²) >= 11 is 3.46. The number of imidazole rings is 1. The molecule has 0 fully saturated rings. The Kier molecular flexibility index (Phi) is 6.31. The van der Waals surface area contributed by atoms with Crippen LogP contribution >= 0.6 is 15.9 Å². The summed E-state index contributed by atoms with van der Waals surface area (Å²) in [6.45, 7) is 10.9. The van der Waals surface area contributed by atoms with Crippen LogP contribution in [0.15, 0.2) is 59.2 Å². The number of nitrogens with zero attached hydrogens (tertiary/aromatic N) is 4. The zero-order valence-electron chi connectivity index (χ0n) is 20.5. The minimum Gasteiger partial charge on any atom is -0.443 e. The number of benzene rings is 2. The number of hydrogen-bond donors (Lipinski definition) is 0. The molecule has 4 aromatic rings. The van der Waals surface area contributed by atoms with Crippen molar-refractivity contribution in [3.05, 3.63) is 59.2 Å². The smallest absolute Gasteiger partial charge is 0.435 e. The van der Waals surface area contributed by atoms with E-state index < -0.39 is 23.4 Å². The summed E-state index contributed by atoms with van der Waals surface area (Å²) in [7, 11) is 0. The van der Waals surface area contributed by atoms with Gasteiger partial charge in [-0.1, -0.05) is 40.2 Å². The maximum atomic E-state index is 13.1. The largest absolute Gasteiger partial charge is 0.443 e. The molecule has 0 saturated carbocycles. The predicted molar refractivity (Wildman–Crippen MR) is 137 cm³/mol. The van der Waals surface area contributed by atoms with E-state index in [0.29, 0.717) is 22.6 Å². The van der Waals surface area contributed by atoms with E-state index in [1.54, 1.807) is 33.0 Å². The quantitative estimate of drug-likeness (QED) is 0.276. The zero-order valence-corrected chi connectivity index (χ0v) is 22.1. The molecule has 0 aliphatic rings. The molecule has 35 heavy (non-hydrogen) atoms. The van der Waals surface area contributed by atoms with Gasteiger partial charge in [-0.05, 0) is 65.8 Å². The molecule has 0 bridgehead atoms. The molecule has 2 aromatic carbocycles. The van der Waals surface area contributed by atoms with E-state index in [0.717, 1.165) is 15.6 Å². The van der Waals surface area contributed by atoms with Crippen molar-refractivity contribution in [3.63, 3.8) is 0 Å². The van der Waals surface area contributed by atoms with E-state index in [4.69, 9.17) is 14.5 Å². The van der Waals surface area contributed by atoms with Crippen LogP contribution in [0, 0.1) is 0 Å². The maximum Gasteiger partial charge on any atom is 0.435 e. The summed E-state index contributed by atoms with van der Waals surface area (Å²) in [6, 6.07) is 14.7. The maximum absolute atomic E-state index is 13.1. The Bertz CT molecular complexity index is 1410. The second-order valence-electron chi connectivity index (χ2n) is 10.1. The van der Waals surface area contributed by atoms with Crippen LogP contribution in [0.4, 0.5) is 9.59 Å². The molecule has 2 heterocycles. The number of carbonyl (C=O) groups is 2. The van der Waals surface area contributed by atoms with Crippen molar-refractivity contribution in [3.8, 4) is 22.6 Å². The van der Waals surface area contributed by atoms with Gasteiger partial charge in [-0.25, -0.2) is 19.1 Å². The molecule has 4 rings (SSSR count). The van der Waals surface area contributed by atoms with Crippen LogP contribution in [0.3, 0.4) is 0 Å². The van der Waals surface area contributed by atoms with Crippen molar-refractivity contribution < 1.29 is 19.1 Å². The number of rotatable bonds is 2. The monoisotopic (exact) mass is 538 g/mol. The van der Waals surface area contributed by atoms with Gasteiger partial charge in [0.2, 0.25) is 0 Å². The lowest BCUT2D eigenvalue weighted by Crippen LogP contribution is -2.27. The van der Waals surface area contributed by atoms with Crippen LogP contribution in [-0.2, 0) is 9.47 Å². The van der Waals surface area contributed by atoms with Crippen molar-refractivity contribution in [2.45, 2.75) is 52.7 Å². The van der Waals surface area contributed by atoms with Gasteiger partial charge in [0.05, 0.1) is 16.7 Å². The molecule has 0 aliphatic heterocycles. The van der Waals surface area contributed by atoms with Gasteiger partial charge in [0.25, 0.3) is 0 Å². The Hall–Kier alpha value is -3.46. The highest BCUT2D eigenvalue weighted by molar-refractivity contribution is 9.10. The Morgan fingerprint density at radius 2 is 1.43 bits per heavy atom. The fourth-order valence-electron chi connectivity index (χ4n) is 3.42. The van der Waals surface area contributed by atoms with E-state index in [2.05, 4.69) is 21.0 Å². The average Bonchev–Trinajstić information content (AvgIpc) is 3.36. The summed E-state index contributed by atoms with van der Waals surface area (Å²) < 4.78 is 14.5. The first-order valence-electron chi connectivity index (χ1n) is 11.1. The summed E-state index contributed by atoms with van der Waals surface area (Å²) in [6.07, 6.45) is 0.520. The first-order valence-corrected chi connectivity index (χ1v) is 11.9. The van der Waals surface area contributed by atoms with Gasteiger partial charge in [0.15, 0.2) is 5.82 Å². The molecule has 0 atom stereocenters. The van der Waals surface area contributed by atoms with Gasteiger partial charge >= 0.3 is 12.2 Å². The molecule has 0 amide bonds. The van der Waals surface area contributed by atoms with E-state index in [9.17, 15) is 9.59 Å². The highest BCUT2D eigenvalue weighted by atomic mass is 79.9. The molecular weight excluding hydrogens is 512 g/mol. The van der Waals surface area contributed by atoms with Gasteiger partial charge < -0.3 is 9.47 Å². The highest BCUT2D eigenvalue weighted by Crippen LogP contribution is 2.29. The third kappa shape index (κ3) is 5.62. The Balaban J connectivity index is 1.69. The van der Waals surface area contributed by atoms with Gasteiger partial charge in [-0.2, -0.15) is 9.78 Å². The number of fused-ring (bicyclic) bond motifs is 1. The SMILES string of the molecule is CC(C)(C)OC(=O)n1ccc(-c2ccc(-c3nc4cc(Br)ccc4n3C(=O)OC(C)(C)C)cc2)n1. The Morgan fingerprint density at radius 1 is 0.829 bits per heavy atom. The third-order valence-corrected chi connectivity index (χ3v) is 5.29. The van der Waals surface area contributed by atoms with E-state index in [1.807, 2.05) is 63.2 Å². The van der Waals surface area contributed by atoms with Gasteiger partial charge in [-0.15, -0.1) is 0 Å². The fourth-order valence-corrected chi connectivity index (χ4v) is 3.77. The number of hydrogen-bond acceptors (Lipinski definition) is 6. The molecule has 0 spiro atoms. The second-order valence-corrected chi connectivity index (χ2v) is 11.0. The molecule has 0 saturated heterocycles. The van der Waals surface area contributed by atoms with E-state index in [-0.39, 0.29) is 0 Å². The van der Waals surface area contributed by atoms with Gasteiger partial charge in [0.1, 0.15) is 11.2 Å². The minimum absolute atomic E-state index is 0.471. The molecule has 0 radical (unpaired) electrons. The summed E-state index contributed by atoms with van der Waals surface area (Å²) in [5.74, 6) is 0.471. The highest BCUT2D eigenvalue weighted by Gasteiger charge is 2.24. The first kappa shape index (κ1) is 24.7. The topological polar surface area (TPSA) is 88.2 Å². The standard InChI is InChI=1S/C26H27BrN4O4/c1-25(2,3)34-23(32)30-14-13-19(29-30)16-7-9-17(10-8-16)22-28-20-15-18(27)11-12-21(20)31(22)24(33)35-26(4,5)6/h7-15H,1-6H3. The average molecular weight is 539 g/mol. The Morgan fingerprint density at radius 3 is 2.06 bits per heavy atom. The summed E-state index contributed by atoms with van der Waals surface area (Å²) in [5.41, 5.74) is 2.21. The number of halogens is 1. The molecule has 182 valence electrons. The van der Waals surface area contributed by atoms with Crippen molar-refractivity contribution in [2.75, 3.05) is 0 Å². The van der Waals surface area contributed by atoms with Crippen LogP contribution in [0.1, 0.15) is 41.5 Å². The van der Waals surface area contributed by atoms with Crippen LogP contribution in [0.5, 0.6) is 0 Å². The van der Waals surface area contributed by atoms with Crippen molar-refractivity contribution in [2.24, 2.45) is 0 Å². The second kappa shape index (κ2) is 8.96. The van der Waals surface area contributed by atoms with Crippen molar-refractivity contribution in [1.82, 2.24) is 19.3 Å². The molecular formula is C26H27BrN4O4. The molecule has 8 nitrogen and oxygen atoms in total. The van der Waals surface area contributed by atoms with Crippen molar-refractivity contribution >= 4 is 39.1 Å². The third-order valence-electron chi connectivity index (χ3n) is 4.80. The molecule has 9 heteroatoms. The lowest BCUT2D eigenvalue weighted by Gasteiger charge is -2.20. The van der Waals surface area contributed by atoms with Crippen LogP contribution in [-0.4, -0.2) is 42.7 Å². The lowest BCUT2D eigenvalue weighted by molar-refractivity contribution is 0.0511. The van der Waals surface area contributed by atoms with Crippen LogP contribution < -0.4 is 0 Å². The Labute approximate surface area is 212 Å². The van der Waals surface area contributed by atoms with Gasteiger partial charge in [0, 0.05) is 21.8 Å². The number of carbonyl (C=O) groups excluding carboxylic acids is 2. The fraction of sp³-hybridized carbons (Fsp3) is 0.308. The van der Waals surface area contributed by atoms with E-state index >= 15 is 0 Å². The normalized spacial score (nSPS) is 12.1. The minimum atomic E-state index is -0.656. The predicted octanol–water partition coefficient (Wildman–Crippen LogP) is 6.90. The number of ether oxygens (including phenoxy) is 2.